The Hall–Kier alpha value is -2.38. The highest BCUT2D eigenvalue weighted by Gasteiger charge is 2.09. The Bertz CT molecular complexity index is 918. The molecule has 2 heterocycles. The molecule has 0 unspecified atom stereocenters. The van der Waals surface area contributed by atoms with Crippen molar-refractivity contribution in [3.05, 3.63) is 34.7 Å². The normalized spacial score (nSPS) is 10.4. The van der Waals surface area contributed by atoms with Crippen LogP contribution in [0.1, 0.15) is 4.88 Å². The molecule has 0 saturated carbocycles. The first-order valence-electron chi connectivity index (χ1n) is 6.95. The average molecular weight is 339 g/mol. The molecule has 0 atom stereocenters. The monoisotopic (exact) mass is 339 g/mol. The van der Waals surface area contributed by atoms with E-state index in [1.165, 1.54) is 4.70 Å². The van der Waals surface area contributed by atoms with E-state index in [0.717, 1.165) is 25.4 Å². The zero-order valence-corrected chi connectivity index (χ0v) is 14.0. The number of hydrogen-bond donors (Lipinski definition) is 1. The third-order valence-corrected chi connectivity index (χ3v) is 5.76. The quantitative estimate of drug-likeness (QED) is 0.730. The van der Waals surface area contributed by atoms with Gasteiger partial charge in [0.2, 0.25) is 0 Å². The fraction of sp³-hybridized carbons (Fsp3) is 0.176. The van der Waals surface area contributed by atoms with Crippen molar-refractivity contribution in [2.45, 2.75) is 0 Å². The molecule has 23 heavy (non-hydrogen) atoms. The Morgan fingerprint density at radius 2 is 1.83 bits per heavy atom. The number of aliphatic hydroxyl groups is 1. The molecule has 3 rings (SSSR count). The van der Waals surface area contributed by atoms with E-state index >= 15 is 0 Å². The Balaban J connectivity index is 2.04. The first-order chi connectivity index (χ1) is 11.1. The summed E-state index contributed by atoms with van der Waals surface area (Å²) in [4.78, 5) is 2.95. The lowest BCUT2D eigenvalue weighted by atomic mass is 10.2. The number of likely N-dealkylation sites (N-methyl/N-ethyl adjacent to an activating group) is 1. The van der Waals surface area contributed by atoms with Crippen LogP contribution in [0.4, 0.5) is 5.00 Å². The highest BCUT2D eigenvalue weighted by atomic mass is 32.1. The number of nitrogens with zero attached hydrogens (tertiary/aromatic N) is 3. The minimum absolute atomic E-state index is 0.117. The van der Waals surface area contributed by atoms with Crippen LogP contribution in [0.3, 0.4) is 0 Å². The van der Waals surface area contributed by atoms with Crippen molar-refractivity contribution in [1.82, 2.24) is 0 Å². The van der Waals surface area contributed by atoms with Gasteiger partial charge in [0.05, 0.1) is 11.6 Å². The highest BCUT2D eigenvalue weighted by molar-refractivity contribution is 7.24. The number of fused-ring (bicyclic) bond motifs is 2. The van der Waals surface area contributed by atoms with Gasteiger partial charge in [0.15, 0.2) is 0 Å². The Morgan fingerprint density at radius 1 is 1.13 bits per heavy atom. The van der Waals surface area contributed by atoms with Gasteiger partial charge in [-0.2, -0.15) is 10.5 Å². The summed E-state index contributed by atoms with van der Waals surface area (Å²) < 4.78 is 2.33. The minimum atomic E-state index is 0.117. The second-order valence-electron chi connectivity index (χ2n) is 5.09. The van der Waals surface area contributed by atoms with E-state index in [1.807, 2.05) is 30.2 Å². The van der Waals surface area contributed by atoms with Crippen LogP contribution in [0.5, 0.6) is 0 Å². The van der Waals surface area contributed by atoms with Crippen LogP contribution >= 0.6 is 22.7 Å². The van der Waals surface area contributed by atoms with E-state index in [9.17, 15) is 0 Å². The summed E-state index contributed by atoms with van der Waals surface area (Å²) in [6.45, 7) is 0.747. The van der Waals surface area contributed by atoms with Crippen LogP contribution in [0, 0.1) is 22.7 Å². The first-order valence-corrected chi connectivity index (χ1v) is 8.59. The molecule has 0 amide bonds. The summed E-state index contributed by atoms with van der Waals surface area (Å²) in [5.74, 6) is 0. The van der Waals surface area contributed by atoms with E-state index in [4.69, 9.17) is 15.6 Å². The summed E-state index contributed by atoms with van der Waals surface area (Å²) in [7, 11) is 1.97. The highest BCUT2D eigenvalue weighted by Crippen LogP contribution is 2.37. The van der Waals surface area contributed by atoms with Gasteiger partial charge in [-0.05, 0) is 41.1 Å². The summed E-state index contributed by atoms with van der Waals surface area (Å²) in [6, 6.07) is 12.2. The Kier molecular flexibility index (Phi) is 4.31. The standard InChI is InChI=1S/C17H13N3OS2/c1-20(2-3-21)17-7-13-5-12-6-14(4-11(9-18)10-19)22-15(12)8-16(13)23-17/h4-8,21H,2-3H2,1H3. The molecule has 0 aliphatic rings. The topological polar surface area (TPSA) is 71.0 Å². The summed E-state index contributed by atoms with van der Waals surface area (Å²) in [5, 5.41) is 30.2. The van der Waals surface area contributed by atoms with Crippen molar-refractivity contribution in [2.75, 3.05) is 25.1 Å². The van der Waals surface area contributed by atoms with Crippen LogP contribution < -0.4 is 4.90 Å². The van der Waals surface area contributed by atoms with Crippen LogP contribution in [-0.4, -0.2) is 25.3 Å². The molecule has 0 aliphatic carbocycles. The third kappa shape index (κ3) is 3.06. The number of nitriles is 2. The lowest BCUT2D eigenvalue weighted by molar-refractivity contribution is 0.304. The van der Waals surface area contributed by atoms with E-state index in [2.05, 4.69) is 18.2 Å². The van der Waals surface area contributed by atoms with E-state index in [0.29, 0.717) is 6.54 Å². The fourth-order valence-electron chi connectivity index (χ4n) is 2.33. The summed E-state index contributed by atoms with van der Waals surface area (Å²) in [6.07, 6.45) is 1.62. The predicted octanol–water partition coefficient (Wildman–Crippen LogP) is 3.98. The Labute approximate surface area is 141 Å². The zero-order chi connectivity index (χ0) is 16.4. The van der Waals surface area contributed by atoms with Crippen molar-refractivity contribution in [3.8, 4) is 12.1 Å². The zero-order valence-electron chi connectivity index (χ0n) is 12.4. The smallest absolute Gasteiger partial charge is 0.131 e. The number of aliphatic hydroxyl groups excluding tert-OH is 1. The average Bonchev–Trinajstić information content (AvgIpc) is 3.12. The minimum Gasteiger partial charge on any atom is -0.395 e. The van der Waals surface area contributed by atoms with Crippen LogP contribution in [0.2, 0.25) is 0 Å². The van der Waals surface area contributed by atoms with Crippen molar-refractivity contribution in [3.63, 3.8) is 0 Å². The molecule has 0 radical (unpaired) electrons. The van der Waals surface area contributed by atoms with Crippen LogP contribution in [0.25, 0.3) is 26.2 Å². The third-order valence-electron chi connectivity index (χ3n) is 3.50. The number of allylic oxidation sites excluding steroid dienone is 1. The molecule has 1 N–H and O–H groups in total. The molecule has 0 spiro atoms. The molecule has 0 fully saturated rings. The van der Waals surface area contributed by atoms with Gasteiger partial charge in [-0.3, -0.25) is 0 Å². The van der Waals surface area contributed by atoms with Gasteiger partial charge in [0.25, 0.3) is 0 Å². The molecular weight excluding hydrogens is 326 g/mol. The predicted molar refractivity (Wildman–Crippen MR) is 96.8 cm³/mol. The molecule has 0 saturated heterocycles. The molecule has 114 valence electrons. The van der Waals surface area contributed by atoms with E-state index in [-0.39, 0.29) is 12.2 Å². The van der Waals surface area contributed by atoms with Gasteiger partial charge in [0.1, 0.15) is 17.7 Å². The fourth-order valence-corrected chi connectivity index (χ4v) is 4.51. The number of benzene rings is 1. The first kappa shape index (κ1) is 15.5. The molecule has 1 aromatic carbocycles. The van der Waals surface area contributed by atoms with E-state index in [1.54, 1.807) is 28.7 Å². The van der Waals surface area contributed by atoms with Crippen molar-refractivity contribution in [2.24, 2.45) is 0 Å². The molecule has 6 heteroatoms. The van der Waals surface area contributed by atoms with Crippen LogP contribution in [-0.2, 0) is 0 Å². The van der Waals surface area contributed by atoms with Gasteiger partial charge in [-0.1, -0.05) is 0 Å². The van der Waals surface area contributed by atoms with Gasteiger partial charge >= 0.3 is 0 Å². The second kappa shape index (κ2) is 6.39. The maximum Gasteiger partial charge on any atom is 0.131 e. The molecule has 3 aromatic rings. The number of hydrogen-bond acceptors (Lipinski definition) is 6. The maximum absolute atomic E-state index is 9.05. The molecule has 0 aliphatic heterocycles. The van der Waals surface area contributed by atoms with Crippen LogP contribution in [0.15, 0.2) is 29.8 Å². The largest absolute Gasteiger partial charge is 0.395 e. The Morgan fingerprint density at radius 3 is 2.52 bits per heavy atom. The SMILES string of the molecule is CN(CCO)c1cc2cc3cc(C=C(C#N)C#N)sc3cc2s1. The molecular formula is C17H13N3OS2. The lowest BCUT2D eigenvalue weighted by Gasteiger charge is -2.14. The summed E-state index contributed by atoms with van der Waals surface area (Å²) in [5.41, 5.74) is 0.117. The number of thiophene rings is 2. The number of rotatable bonds is 4. The molecule has 0 bridgehead atoms. The van der Waals surface area contributed by atoms with Gasteiger partial charge in [0, 0.05) is 27.9 Å². The molecule has 2 aromatic heterocycles. The van der Waals surface area contributed by atoms with Crippen molar-refractivity contribution < 1.29 is 5.11 Å². The lowest BCUT2D eigenvalue weighted by Crippen LogP contribution is -2.19. The van der Waals surface area contributed by atoms with Crippen molar-refractivity contribution in [1.29, 1.82) is 10.5 Å². The van der Waals surface area contributed by atoms with Crippen molar-refractivity contribution >= 4 is 53.9 Å². The maximum atomic E-state index is 9.05. The van der Waals surface area contributed by atoms with E-state index < -0.39 is 0 Å². The second-order valence-corrected chi connectivity index (χ2v) is 7.27. The van der Waals surface area contributed by atoms with Gasteiger partial charge in [-0.25, -0.2) is 0 Å². The number of anilines is 1. The van der Waals surface area contributed by atoms with Gasteiger partial charge < -0.3 is 10.0 Å². The summed E-state index contributed by atoms with van der Waals surface area (Å²) >= 11 is 3.27. The van der Waals surface area contributed by atoms with Gasteiger partial charge in [-0.15, -0.1) is 22.7 Å². The molecule has 4 nitrogen and oxygen atoms in total.